The van der Waals surface area contributed by atoms with Gasteiger partial charge >= 0.3 is 0 Å². The van der Waals surface area contributed by atoms with E-state index < -0.39 is 0 Å². The number of thioether (sulfide) groups is 1. The molecule has 0 spiro atoms. The van der Waals surface area contributed by atoms with Gasteiger partial charge in [0.15, 0.2) is 5.16 Å². The first-order valence-electron chi connectivity index (χ1n) is 9.61. The van der Waals surface area contributed by atoms with E-state index >= 15 is 0 Å². The zero-order valence-corrected chi connectivity index (χ0v) is 16.9. The maximum atomic E-state index is 12.8. The highest BCUT2D eigenvalue weighted by molar-refractivity contribution is 7.99. The highest BCUT2D eigenvalue weighted by atomic mass is 32.2. The Morgan fingerprint density at radius 1 is 1.10 bits per heavy atom. The van der Waals surface area contributed by atoms with Crippen molar-refractivity contribution in [3.8, 4) is 11.4 Å². The van der Waals surface area contributed by atoms with Crippen molar-refractivity contribution >= 4 is 22.7 Å². The molecule has 0 atom stereocenters. The number of nitrogens with zero attached hydrogens (tertiary/aromatic N) is 5. The molecule has 0 bridgehead atoms. The molecule has 8 heteroatoms. The molecule has 0 unspecified atom stereocenters. The van der Waals surface area contributed by atoms with E-state index in [1.54, 1.807) is 28.7 Å². The zero-order chi connectivity index (χ0) is 20.1. The van der Waals surface area contributed by atoms with Crippen molar-refractivity contribution in [1.82, 2.24) is 24.7 Å². The first kappa shape index (κ1) is 19.3. The van der Waals surface area contributed by atoms with E-state index in [0.29, 0.717) is 30.1 Å². The molecule has 148 valence electrons. The van der Waals surface area contributed by atoms with Gasteiger partial charge in [-0.3, -0.25) is 14.3 Å². The van der Waals surface area contributed by atoms with Gasteiger partial charge in [0.05, 0.1) is 10.9 Å². The highest BCUT2D eigenvalue weighted by Crippen LogP contribution is 2.20. The fourth-order valence-corrected chi connectivity index (χ4v) is 4.00. The summed E-state index contributed by atoms with van der Waals surface area (Å²) in [6.45, 7) is 2.73. The van der Waals surface area contributed by atoms with Crippen LogP contribution >= 0.6 is 11.8 Å². The summed E-state index contributed by atoms with van der Waals surface area (Å²) in [5.41, 5.74) is 1.65. The highest BCUT2D eigenvalue weighted by Gasteiger charge is 2.12. The molecule has 0 radical (unpaired) electrons. The molecule has 1 aromatic carbocycles. The molecule has 7 nitrogen and oxygen atoms in total. The normalized spacial score (nSPS) is 11.2. The van der Waals surface area contributed by atoms with Crippen LogP contribution < -0.4 is 5.56 Å². The Morgan fingerprint density at radius 3 is 2.76 bits per heavy atom. The molecule has 0 amide bonds. The molecule has 0 fully saturated rings. The fourth-order valence-electron chi connectivity index (χ4n) is 3.04. The summed E-state index contributed by atoms with van der Waals surface area (Å²) >= 11 is 1.59. The minimum Gasteiger partial charge on any atom is -0.339 e. The Labute approximate surface area is 172 Å². The van der Waals surface area contributed by atoms with Crippen LogP contribution in [0.3, 0.4) is 0 Å². The number of aromatic nitrogens is 5. The van der Waals surface area contributed by atoms with Gasteiger partial charge in [-0.15, -0.1) is 0 Å². The van der Waals surface area contributed by atoms with Crippen LogP contribution in [0.25, 0.3) is 22.3 Å². The van der Waals surface area contributed by atoms with E-state index in [1.807, 2.05) is 36.4 Å². The number of hydrogen-bond donors (Lipinski definition) is 0. The zero-order valence-electron chi connectivity index (χ0n) is 16.1. The fraction of sp³-hybridized carbons (Fsp3) is 0.286. The Morgan fingerprint density at radius 2 is 1.93 bits per heavy atom. The number of pyridine rings is 1. The van der Waals surface area contributed by atoms with Crippen LogP contribution in [0.4, 0.5) is 0 Å². The third-order valence-corrected chi connectivity index (χ3v) is 5.51. The molecule has 0 saturated heterocycles. The van der Waals surface area contributed by atoms with Crippen LogP contribution in [0.1, 0.15) is 25.7 Å². The molecule has 4 rings (SSSR count). The van der Waals surface area contributed by atoms with E-state index in [9.17, 15) is 4.79 Å². The number of benzene rings is 1. The molecule has 29 heavy (non-hydrogen) atoms. The maximum Gasteiger partial charge on any atom is 0.262 e. The lowest BCUT2D eigenvalue weighted by Gasteiger charge is -2.11. The van der Waals surface area contributed by atoms with Gasteiger partial charge in [-0.1, -0.05) is 36.0 Å². The van der Waals surface area contributed by atoms with Gasteiger partial charge in [0.1, 0.15) is 0 Å². The van der Waals surface area contributed by atoms with Crippen molar-refractivity contribution in [3.05, 3.63) is 65.0 Å². The van der Waals surface area contributed by atoms with Crippen molar-refractivity contribution in [2.24, 2.45) is 0 Å². The third-order valence-electron chi connectivity index (χ3n) is 4.45. The van der Waals surface area contributed by atoms with Crippen LogP contribution in [0, 0.1) is 0 Å². The summed E-state index contributed by atoms with van der Waals surface area (Å²) in [5.74, 6) is 1.99. The topological polar surface area (TPSA) is 86.7 Å². The lowest BCUT2D eigenvalue weighted by molar-refractivity contribution is 0.378. The monoisotopic (exact) mass is 407 g/mol. The summed E-state index contributed by atoms with van der Waals surface area (Å²) in [5, 5.41) is 5.46. The van der Waals surface area contributed by atoms with Crippen LogP contribution in [0.15, 0.2) is 63.3 Å². The average molecular weight is 407 g/mol. The SMILES string of the molecule is CCCn1c(SCCCc2nc(-c3ccncc3)no2)nc2ccccc2c1=O. The minimum atomic E-state index is 0.0267. The van der Waals surface area contributed by atoms with Crippen molar-refractivity contribution < 1.29 is 4.52 Å². The predicted molar refractivity (Wildman–Crippen MR) is 113 cm³/mol. The minimum absolute atomic E-state index is 0.0267. The van der Waals surface area contributed by atoms with Gasteiger partial charge in [0.25, 0.3) is 5.56 Å². The molecule has 0 saturated carbocycles. The Hall–Kier alpha value is -3.00. The first-order valence-corrected chi connectivity index (χ1v) is 10.6. The summed E-state index contributed by atoms with van der Waals surface area (Å²) in [6.07, 6.45) is 5.81. The third kappa shape index (κ3) is 4.37. The standard InChI is InChI=1S/C21H21N5O2S/c1-2-13-26-20(27)16-6-3-4-7-17(16)23-21(26)29-14-5-8-18-24-19(25-28-18)15-9-11-22-12-10-15/h3-4,6-7,9-12H,2,5,8,13-14H2,1H3. The molecule has 0 aliphatic carbocycles. The van der Waals surface area contributed by atoms with Gasteiger partial charge in [-0.25, -0.2) is 4.98 Å². The van der Waals surface area contributed by atoms with E-state index in [-0.39, 0.29) is 5.56 Å². The number of rotatable bonds is 8. The van der Waals surface area contributed by atoms with Crippen molar-refractivity contribution in [3.63, 3.8) is 0 Å². The molecular formula is C21H21N5O2S. The van der Waals surface area contributed by atoms with Crippen molar-refractivity contribution in [1.29, 1.82) is 0 Å². The first-order chi connectivity index (χ1) is 14.3. The molecule has 0 N–H and O–H groups in total. The van der Waals surface area contributed by atoms with E-state index in [2.05, 4.69) is 22.0 Å². The van der Waals surface area contributed by atoms with E-state index in [1.165, 1.54) is 0 Å². The molecule has 0 aliphatic rings. The van der Waals surface area contributed by atoms with Crippen LogP contribution in [0.5, 0.6) is 0 Å². The summed E-state index contributed by atoms with van der Waals surface area (Å²) in [6, 6.07) is 11.2. The lowest BCUT2D eigenvalue weighted by Crippen LogP contribution is -2.23. The smallest absolute Gasteiger partial charge is 0.262 e. The van der Waals surface area contributed by atoms with E-state index in [0.717, 1.165) is 34.8 Å². The van der Waals surface area contributed by atoms with E-state index in [4.69, 9.17) is 9.51 Å². The molecular weight excluding hydrogens is 386 g/mol. The average Bonchev–Trinajstić information content (AvgIpc) is 3.23. The van der Waals surface area contributed by atoms with Crippen molar-refractivity contribution in [2.75, 3.05) is 5.75 Å². The predicted octanol–water partition coefficient (Wildman–Crippen LogP) is 3.98. The Balaban J connectivity index is 1.42. The molecule has 3 aromatic heterocycles. The molecule has 0 aliphatic heterocycles. The Bertz CT molecular complexity index is 1160. The largest absolute Gasteiger partial charge is 0.339 e. The number of hydrogen-bond acceptors (Lipinski definition) is 7. The number of aryl methyl sites for hydroxylation is 1. The summed E-state index contributed by atoms with van der Waals surface area (Å²) in [4.78, 5) is 25.9. The van der Waals surface area contributed by atoms with Crippen LogP contribution in [-0.2, 0) is 13.0 Å². The number of para-hydroxylation sites is 1. The van der Waals surface area contributed by atoms with Gasteiger partial charge in [-0.05, 0) is 37.1 Å². The Kier molecular flexibility index (Phi) is 6.00. The van der Waals surface area contributed by atoms with Gasteiger partial charge in [0.2, 0.25) is 11.7 Å². The van der Waals surface area contributed by atoms with Gasteiger partial charge in [0, 0.05) is 36.7 Å². The second-order valence-corrected chi connectivity index (χ2v) is 7.63. The summed E-state index contributed by atoms with van der Waals surface area (Å²) in [7, 11) is 0. The maximum absolute atomic E-state index is 12.8. The number of fused-ring (bicyclic) bond motifs is 1. The van der Waals surface area contributed by atoms with Crippen LogP contribution in [-0.4, -0.2) is 30.4 Å². The second-order valence-electron chi connectivity index (χ2n) is 6.57. The molecule has 3 heterocycles. The second kappa shape index (κ2) is 9.00. The van der Waals surface area contributed by atoms with Gasteiger partial charge < -0.3 is 4.52 Å². The summed E-state index contributed by atoms with van der Waals surface area (Å²) < 4.78 is 7.13. The molecule has 4 aromatic rings. The van der Waals surface area contributed by atoms with Crippen LogP contribution in [0.2, 0.25) is 0 Å². The van der Waals surface area contributed by atoms with Crippen molar-refractivity contribution in [2.45, 2.75) is 37.9 Å². The quantitative estimate of drug-likeness (QED) is 0.248. The lowest BCUT2D eigenvalue weighted by atomic mass is 10.2. The van der Waals surface area contributed by atoms with Gasteiger partial charge in [-0.2, -0.15) is 4.98 Å².